The van der Waals surface area contributed by atoms with Crippen LogP contribution < -0.4 is 19.5 Å². The molecular formula is C21H16F3N3O5. The molecule has 1 amide bonds. The normalized spacial score (nSPS) is 10.9. The zero-order valence-electron chi connectivity index (χ0n) is 16.8. The number of alkyl halides is 3. The van der Waals surface area contributed by atoms with Gasteiger partial charge in [0.1, 0.15) is 23.3 Å². The molecule has 11 heteroatoms. The van der Waals surface area contributed by atoms with E-state index in [-0.39, 0.29) is 28.5 Å². The molecule has 0 saturated carbocycles. The van der Waals surface area contributed by atoms with Gasteiger partial charge in [-0.1, -0.05) is 5.16 Å². The lowest BCUT2D eigenvalue weighted by Gasteiger charge is -2.11. The summed E-state index contributed by atoms with van der Waals surface area (Å²) in [5.41, 5.74) is 0.431. The molecule has 0 aliphatic rings. The number of nitriles is 1. The van der Waals surface area contributed by atoms with Crippen molar-refractivity contribution < 1.29 is 36.7 Å². The van der Waals surface area contributed by atoms with E-state index < -0.39 is 18.7 Å². The molecule has 32 heavy (non-hydrogen) atoms. The molecular weight excluding hydrogens is 431 g/mol. The van der Waals surface area contributed by atoms with Gasteiger partial charge in [0.25, 0.3) is 5.91 Å². The van der Waals surface area contributed by atoms with Crippen LogP contribution in [0.4, 0.5) is 18.9 Å². The fourth-order valence-electron chi connectivity index (χ4n) is 2.69. The van der Waals surface area contributed by atoms with Crippen LogP contribution in [0.25, 0.3) is 11.3 Å². The number of nitrogens with one attached hydrogen (secondary N) is 1. The first-order valence-electron chi connectivity index (χ1n) is 8.98. The summed E-state index contributed by atoms with van der Waals surface area (Å²) in [6.07, 6.45) is -4.55. The molecule has 0 unspecified atom stereocenters. The lowest BCUT2D eigenvalue weighted by atomic mass is 10.1. The van der Waals surface area contributed by atoms with Gasteiger partial charge in [-0.3, -0.25) is 4.79 Å². The van der Waals surface area contributed by atoms with Crippen molar-refractivity contribution in [3.05, 3.63) is 53.7 Å². The highest BCUT2D eigenvalue weighted by molar-refractivity contribution is 6.03. The Bertz CT molecular complexity index is 1170. The zero-order chi connectivity index (χ0) is 23.3. The molecule has 166 valence electrons. The first kappa shape index (κ1) is 22.5. The van der Waals surface area contributed by atoms with Crippen LogP contribution in [0.1, 0.15) is 16.1 Å². The van der Waals surface area contributed by atoms with Gasteiger partial charge in [0.05, 0.1) is 25.3 Å². The zero-order valence-corrected chi connectivity index (χ0v) is 16.8. The smallest absolute Gasteiger partial charge is 0.422 e. The van der Waals surface area contributed by atoms with Crippen molar-refractivity contribution in [2.24, 2.45) is 0 Å². The second-order valence-electron chi connectivity index (χ2n) is 6.32. The highest BCUT2D eigenvalue weighted by Crippen LogP contribution is 2.34. The Hall–Kier alpha value is -4.20. The Morgan fingerprint density at radius 3 is 2.53 bits per heavy atom. The molecule has 0 saturated heterocycles. The monoisotopic (exact) mass is 447 g/mol. The van der Waals surface area contributed by atoms with Gasteiger partial charge in [-0.05, 0) is 36.4 Å². The summed E-state index contributed by atoms with van der Waals surface area (Å²) in [5, 5.41) is 15.4. The molecule has 0 atom stereocenters. The third-order valence-corrected chi connectivity index (χ3v) is 4.16. The van der Waals surface area contributed by atoms with E-state index in [1.54, 1.807) is 24.3 Å². The topological polar surface area (TPSA) is 107 Å². The molecule has 0 spiro atoms. The standard InChI is InChI=1S/C21H16F3N3O5/c1-29-14-4-6-18(30-2)15(8-14)19-9-16(27-32-19)20(28)26-13-3-5-17(12(7-13)10-25)31-11-21(22,23)24/h3-9H,11H2,1-2H3,(H,26,28). The molecule has 0 fully saturated rings. The number of aromatic nitrogens is 1. The minimum Gasteiger partial charge on any atom is -0.497 e. The summed E-state index contributed by atoms with van der Waals surface area (Å²) in [7, 11) is 2.98. The third kappa shape index (κ3) is 5.28. The number of rotatable bonds is 7. The van der Waals surface area contributed by atoms with Crippen LogP contribution >= 0.6 is 0 Å². The molecule has 1 aromatic heterocycles. The van der Waals surface area contributed by atoms with Gasteiger partial charge in [-0.15, -0.1) is 0 Å². The number of carbonyl (C=O) groups excluding carboxylic acids is 1. The highest BCUT2D eigenvalue weighted by atomic mass is 19.4. The van der Waals surface area contributed by atoms with Crippen molar-refractivity contribution in [1.29, 1.82) is 5.26 Å². The second-order valence-corrected chi connectivity index (χ2v) is 6.32. The van der Waals surface area contributed by atoms with Crippen LogP contribution in [0.15, 0.2) is 47.0 Å². The van der Waals surface area contributed by atoms with Crippen LogP contribution in [0.2, 0.25) is 0 Å². The maximum absolute atomic E-state index is 12.5. The number of anilines is 1. The van der Waals surface area contributed by atoms with E-state index in [0.717, 1.165) is 6.07 Å². The second kappa shape index (κ2) is 9.30. The molecule has 0 bridgehead atoms. The predicted molar refractivity (Wildman–Crippen MR) is 106 cm³/mol. The maximum atomic E-state index is 12.5. The number of carbonyl (C=O) groups is 1. The first-order chi connectivity index (χ1) is 15.2. The van der Waals surface area contributed by atoms with Gasteiger partial charge >= 0.3 is 6.18 Å². The molecule has 0 radical (unpaired) electrons. The number of halogens is 3. The molecule has 1 N–H and O–H groups in total. The number of amides is 1. The quantitative estimate of drug-likeness (QED) is 0.571. The lowest BCUT2D eigenvalue weighted by molar-refractivity contribution is -0.153. The van der Waals surface area contributed by atoms with Crippen molar-refractivity contribution in [2.75, 3.05) is 26.1 Å². The van der Waals surface area contributed by atoms with Crippen LogP contribution in [-0.2, 0) is 0 Å². The number of methoxy groups -OCH3 is 2. The minimum atomic E-state index is -4.55. The molecule has 8 nitrogen and oxygen atoms in total. The predicted octanol–water partition coefficient (Wildman–Crippen LogP) is 4.42. The van der Waals surface area contributed by atoms with Gasteiger partial charge < -0.3 is 24.1 Å². The average molecular weight is 447 g/mol. The van der Waals surface area contributed by atoms with E-state index in [1.807, 2.05) is 0 Å². The van der Waals surface area contributed by atoms with E-state index in [2.05, 4.69) is 15.2 Å². The van der Waals surface area contributed by atoms with Crippen LogP contribution in [0.3, 0.4) is 0 Å². The largest absolute Gasteiger partial charge is 0.497 e. The summed E-state index contributed by atoms with van der Waals surface area (Å²) in [6.45, 7) is -1.54. The van der Waals surface area contributed by atoms with Crippen molar-refractivity contribution in [3.8, 4) is 34.6 Å². The van der Waals surface area contributed by atoms with Gasteiger partial charge in [-0.25, -0.2) is 0 Å². The van der Waals surface area contributed by atoms with Crippen molar-refractivity contribution >= 4 is 11.6 Å². The SMILES string of the molecule is COc1ccc(OC)c(-c2cc(C(=O)Nc3ccc(OCC(F)(F)F)c(C#N)c3)no2)c1. The summed E-state index contributed by atoms with van der Waals surface area (Å²) in [6, 6.07) is 11.8. The van der Waals surface area contributed by atoms with Gasteiger partial charge in [-0.2, -0.15) is 18.4 Å². The molecule has 2 aromatic carbocycles. The Morgan fingerprint density at radius 2 is 1.88 bits per heavy atom. The molecule has 0 aliphatic heterocycles. The highest BCUT2D eigenvalue weighted by Gasteiger charge is 2.29. The van der Waals surface area contributed by atoms with Gasteiger partial charge in [0, 0.05) is 11.8 Å². The summed E-state index contributed by atoms with van der Waals surface area (Å²) >= 11 is 0. The van der Waals surface area contributed by atoms with Gasteiger partial charge in [0.2, 0.25) is 0 Å². The van der Waals surface area contributed by atoms with E-state index in [9.17, 15) is 23.2 Å². The Balaban J connectivity index is 1.78. The van der Waals surface area contributed by atoms with Crippen molar-refractivity contribution in [2.45, 2.75) is 6.18 Å². The van der Waals surface area contributed by atoms with Crippen LogP contribution in [-0.4, -0.2) is 38.1 Å². The minimum absolute atomic E-state index is 0.0687. The number of benzene rings is 2. The van der Waals surface area contributed by atoms with Gasteiger partial charge in [0.15, 0.2) is 18.1 Å². The van der Waals surface area contributed by atoms with E-state index >= 15 is 0 Å². The summed E-state index contributed by atoms with van der Waals surface area (Å²) in [5.74, 6) is 0.355. The molecule has 3 aromatic rings. The number of ether oxygens (including phenoxy) is 3. The summed E-state index contributed by atoms with van der Waals surface area (Å²) in [4.78, 5) is 12.5. The van der Waals surface area contributed by atoms with Crippen molar-refractivity contribution in [3.63, 3.8) is 0 Å². The average Bonchev–Trinajstić information content (AvgIpc) is 3.27. The maximum Gasteiger partial charge on any atom is 0.422 e. The number of hydrogen-bond donors (Lipinski definition) is 1. The Labute approximate surface area is 180 Å². The molecule has 3 rings (SSSR count). The van der Waals surface area contributed by atoms with E-state index in [1.165, 1.54) is 32.4 Å². The van der Waals surface area contributed by atoms with Crippen LogP contribution in [0, 0.1) is 11.3 Å². The van der Waals surface area contributed by atoms with Crippen LogP contribution in [0.5, 0.6) is 17.2 Å². The fraction of sp³-hybridized carbons (Fsp3) is 0.190. The van der Waals surface area contributed by atoms with Crippen molar-refractivity contribution in [1.82, 2.24) is 5.16 Å². The lowest BCUT2D eigenvalue weighted by Crippen LogP contribution is -2.19. The molecule has 0 aliphatic carbocycles. The third-order valence-electron chi connectivity index (χ3n) is 4.16. The first-order valence-corrected chi connectivity index (χ1v) is 8.98. The Morgan fingerprint density at radius 1 is 1.12 bits per heavy atom. The number of nitrogens with zero attached hydrogens (tertiary/aromatic N) is 2. The Kier molecular flexibility index (Phi) is 6.53. The van der Waals surface area contributed by atoms with E-state index in [0.29, 0.717) is 17.1 Å². The van der Waals surface area contributed by atoms with E-state index in [4.69, 9.17) is 14.0 Å². The summed E-state index contributed by atoms with van der Waals surface area (Å²) < 4.78 is 57.3. The number of hydrogen-bond acceptors (Lipinski definition) is 7. The molecule has 1 heterocycles. The fourth-order valence-corrected chi connectivity index (χ4v) is 2.69.